The molecule has 0 aliphatic heterocycles. The van der Waals surface area contributed by atoms with Gasteiger partial charge in [0, 0.05) is 0 Å². The molecule has 5 heteroatoms. The molecule has 0 aliphatic carbocycles. The molecule has 1 rings (SSSR count). The average molecular weight is 216 g/mol. The first-order valence-electron chi connectivity index (χ1n) is 4.10. The molecule has 0 unspecified atom stereocenters. The molecular formula is C9H13O4P. The molecule has 0 bridgehead atoms. The van der Waals surface area contributed by atoms with Crippen molar-refractivity contribution >= 4 is 7.60 Å². The molecule has 14 heavy (non-hydrogen) atoms. The zero-order chi connectivity index (χ0) is 11.0. The number of hydrogen-bond donors (Lipinski definition) is 3. The van der Waals surface area contributed by atoms with Crippen LogP contribution in [0.4, 0.5) is 0 Å². The highest BCUT2D eigenvalue weighted by Gasteiger charge is 2.39. The highest BCUT2D eigenvalue weighted by atomic mass is 31.2. The van der Waals surface area contributed by atoms with E-state index in [2.05, 4.69) is 0 Å². The topological polar surface area (TPSA) is 77.8 Å². The summed E-state index contributed by atoms with van der Waals surface area (Å²) in [6.07, 6.45) is 0. The summed E-state index contributed by atoms with van der Waals surface area (Å²) >= 11 is 0. The fourth-order valence-electron chi connectivity index (χ4n) is 1.04. The number of hydrogen-bond acceptors (Lipinski definition) is 2. The molecule has 3 N–H and O–H groups in total. The Bertz CT molecular complexity index is 363. The van der Waals surface area contributed by atoms with Crippen molar-refractivity contribution in [3.8, 4) is 5.75 Å². The van der Waals surface area contributed by atoms with Gasteiger partial charge in [0.25, 0.3) is 0 Å². The van der Waals surface area contributed by atoms with Gasteiger partial charge in [-0.1, -0.05) is 12.1 Å². The second kappa shape index (κ2) is 3.39. The molecule has 0 saturated carbocycles. The number of phenols is 1. The lowest BCUT2D eigenvalue weighted by Crippen LogP contribution is -2.16. The lowest BCUT2D eigenvalue weighted by molar-refractivity contribution is 0.338. The summed E-state index contributed by atoms with van der Waals surface area (Å²) in [5.74, 6) is 0.0789. The minimum absolute atomic E-state index is 0.0789. The van der Waals surface area contributed by atoms with Crippen molar-refractivity contribution in [2.45, 2.75) is 19.0 Å². The van der Waals surface area contributed by atoms with E-state index in [0.717, 1.165) is 0 Å². The van der Waals surface area contributed by atoms with Crippen LogP contribution in [0.1, 0.15) is 19.4 Å². The Morgan fingerprint density at radius 3 is 1.93 bits per heavy atom. The maximum absolute atomic E-state index is 11.2. The van der Waals surface area contributed by atoms with E-state index in [4.69, 9.17) is 14.9 Å². The van der Waals surface area contributed by atoms with Crippen molar-refractivity contribution in [2.75, 3.05) is 0 Å². The van der Waals surface area contributed by atoms with Gasteiger partial charge in [-0.25, -0.2) is 0 Å². The lowest BCUT2D eigenvalue weighted by Gasteiger charge is -2.26. The van der Waals surface area contributed by atoms with Crippen molar-refractivity contribution in [3.63, 3.8) is 0 Å². The summed E-state index contributed by atoms with van der Waals surface area (Å²) in [4.78, 5) is 18.2. The maximum atomic E-state index is 11.2. The van der Waals surface area contributed by atoms with Gasteiger partial charge in [0.05, 0.1) is 5.16 Å². The van der Waals surface area contributed by atoms with E-state index >= 15 is 0 Å². The molecule has 0 radical (unpaired) electrons. The number of phenolic OH excluding ortho intramolecular Hbond substituents is 1. The smallest absolute Gasteiger partial charge is 0.335 e. The van der Waals surface area contributed by atoms with Crippen LogP contribution in [0.15, 0.2) is 24.3 Å². The van der Waals surface area contributed by atoms with Crippen molar-refractivity contribution in [1.82, 2.24) is 0 Å². The summed E-state index contributed by atoms with van der Waals surface area (Å²) < 4.78 is 11.2. The zero-order valence-electron chi connectivity index (χ0n) is 8.01. The number of benzene rings is 1. The highest BCUT2D eigenvalue weighted by molar-refractivity contribution is 7.53. The third kappa shape index (κ3) is 1.98. The van der Waals surface area contributed by atoms with E-state index in [-0.39, 0.29) is 5.75 Å². The van der Waals surface area contributed by atoms with Crippen LogP contribution in [0.25, 0.3) is 0 Å². The summed E-state index contributed by atoms with van der Waals surface area (Å²) in [6, 6.07) is 5.84. The fourth-order valence-corrected chi connectivity index (χ4v) is 1.52. The van der Waals surface area contributed by atoms with Gasteiger partial charge in [-0.15, -0.1) is 0 Å². The van der Waals surface area contributed by atoms with Gasteiger partial charge in [0.15, 0.2) is 0 Å². The Labute approximate surface area is 82.4 Å². The monoisotopic (exact) mass is 216 g/mol. The predicted molar refractivity (Wildman–Crippen MR) is 53.2 cm³/mol. The third-order valence-corrected chi connectivity index (χ3v) is 4.02. The van der Waals surface area contributed by atoms with Crippen LogP contribution in [-0.2, 0) is 9.72 Å². The molecule has 78 valence electrons. The molecule has 0 fully saturated rings. The Hall–Kier alpha value is -0.830. The first-order chi connectivity index (χ1) is 6.25. The van der Waals surface area contributed by atoms with Crippen LogP contribution in [0.2, 0.25) is 0 Å². The molecule has 0 atom stereocenters. The maximum Gasteiger partial charge on any atom is 0.335 e. The molecule has 0 spiro atoms. The minimum Gasteiger partial charge on any atom is -0.508 e. The average Bonchev–Trinajstić information content (AvgIpc) is 2.03. The van der Waals surface area contributed by atoms with Crippen LogP contribution in [-0.4, -0.2) is 14.9 Å². The normalized spacial score (nSPS) is 12.9. The molecule has 0 heterocycles. The van der Waals surface area contributed by atoms with Crippen LogP contribution < -0.4 is 0 Å². The van der Waals surface area contributed by atoms with E-state index in [1.54, 1.807) is 0 Å². The van der Waals surface area contributed by atoms with Gasteiger partial charge in [0.2, 0.25) is 0 Å². The van der Waals surface area contributed by atoms with Crippen molar-refractivity contribution in [2.24, 2.45) is 0 Å². The van der Waals surface area contributed by atoms with Gasteiger partial charge in [-0.2, -0.15) is 0 Å². The van der Waals surface area contributed by atoms with Gasteiger partial charge < -0.3 is 14.9 Å². The van der Waals surface area contributed by atoms with E-state index in [9.17, 15) is 4.57 Å². The summed E-state index contributed by atoms with van der Waals surface area (Å²) in [6.45, 7) is 2.94. The largest absolute Gasteiger partial charge is 0.508 e. The van der Waals surface area contributed by atoms with Crippen molar-refractivity contribution < 1.29 is 19.5 Å². The first kappa shape index (κ1) is 11.2. The van der Waals surface area contributed by atoms with E-state index in [1.807, 2.05) is 0 Å². The Kier molecular flexibility index (Phi) is 2.72. The van der Waals surface area contributed by atoms with E-state index < -0.39 is 12.8 Å². The summed E-state index contributed by atoms with van der Waals surface area (Å²) in [5.41, 5.74) is 0.503. The standard InChI is InChI=1S/C9H13O4P/c1-9(2,14(11,12)13)7-3-5-8(10)6-4-7/h3-6,10H,1-2H3,(H2,11,12,13). The molecule has 1 aromatic rings. The van der Waals surface area contributed by atoms with Gasteiger partial charge in [0.1, 0.15) is 5.75 Å². The molecule has 4 nitrogen and oxygen atoms in total. The van der Waals surface area contributed by atoms with Crippen LogP contribution in [0.3, 0.4) is 0 Å². The number of aromatic hydroxyl groups is 1. The van der Waals surface area contributed by atoms with Crippen molar-refractivity contribution in [3.05, 3.63) is 29.8 Å². The van der Waals surface area contributed by atoms with E-state index in [1.165, 1.54) is 38.1 Å². The predicted octanol–water partition coefficient (Wildman–Crippen LogP) is 1.80. The second-order valence-electron chi connectivity index (χ2n) is 3.65. The highest BCUT2D eigenvalue weighted by Crippen LogP contribution is 2.56. The van der Waals surface area contributed by atoms with Crippen molar-refractivity contribution in [1.29, 1.82) is 0 Å². The number of rotatable bonds is 2. The fraction of sp³-hybridized carbons (Fsp3) is 0.333. The minimum atomic E-state index is -4.19. The molecule has 1 aromatic carbocycles. The van der Waals surface area contributed by atoms with Crippen LogP contribution in [0, 0.1) is 0 Å². The molecule has 0 aliphatic rings. The lowest BCUT2D eigenvalue weighted by atomic mass is 10.0. The van der Waals surface area contributed by atoms with Gasteiger partial charge >= 0.3 is 7.60 Å². The third-order valence-electron chi connectivity index (χ3n) is 2.30. The summed E-state index contributed by atoms with van der Waals surface area (Å²) in [7, 11) is -4.19. The summed E-state index contributed by atoms with van der Waals surface area (Å²) in [5, 5.41) is 7.81. The Morgan fingerprint density at radius 1 is 1.14 bits per heavy atom. The SMILES string of the molecule is CC(C)(c1ccc(O)cc1)P(=O)(O)O. The zero-order valence-corrected chi connectivity index (χ0v) is 8.90. The Morgan fingerprint density at radius 2 is 1.57 bits per heavy atom. The molecule has 0 aromatic heterocycles. The quantitative estimate of drug-likeness (QED) is 0.659. The van der Waals surface area contributed by atoms with Crippen LogP contribution in [0.5, 0.6) is 5.75 Å². The second-order valence-corrected chi connectivity index (χ2v) is 5.86. The van der Waals surface area contributed by atoms with Crippen LogP contribution >= 0.6 is 7.60 Å². The molecule has 0 saturated heterocycles. The van der Waals surface area contributed by atoms with E-state index in [0.29, 0.717) is 5.56 Å². The van der Waals surface area contributed by atoms with Gasteiger partial charge in [-0.3, -0.25) is 4.57 Å². The molecule has 0 amide bonds. The Balaban J connectivity index is 3.17. The van der Waals surface area contributed by atoms with Gasteiger partial charge in [-0.05, 0) is 31.5 Å². The molecular weight excluding hydrogens is 203 g/mol. The first-order valence-corrected chi connectivity index (χ1v) is 5.71.